The number of nitrogens with one attached hydrogen (secondary N) is 1. The second kappa shape index (κ2) is 6.60. The fourth-order valence-electron chi connectivity index (χ4n) is 2.48. The molecule has 0 atom stereocenters. The third kappa shape index (κ3) is 3.57. The van der Waals surface area contributed by atoms with Crippen LogP contribution in [-0.4, -0.2) is 36.5 Å². The molecule has 0 saturated carbocycles. The standard InChI is InChI=1S/C17H17N5O3/c1-11-8-14(19-22(11)9-12-6-4-3-5-7-12)18-16(23)15-13(17(24)25)10-21(2)20-15/h3-8,10H,9H2,1-2H3,(H,24,25)(H,18,19,23). The Morgan fingerprint density at radius 1 is 1.20 bits per heavy atom. The van der Waals surface area contributed by atoms with E-state index < -0.39 is 11.9 Å². The van der Waals surface area contributed by atoms with Gasteiger partial charge >= 0.3 is 5.97 Å². The number of rotatable bonds is 5. The number of aromatic nitrogens is 4. The van der Waals surface area contributed by atoms with Crippen molar-refractivity contribution >= 4 is 17.7 Å². The normalized spacial score (nSPS) is 10.6. The molecule has 0 radical (unpaired) electrons. The first-order chi connectivity index (χ1) is 11.9. The molecule has 0 bridgehead atoms. The van der Waals surface area contributed by atoms with E-state index in [1.807, 2.05) is 37.3 Å². The second-order valence-corrected chi connectivity index (χ2v) is 5.64. The molecule has 0 saturated heterocycles. The smallest absolute Gasteiger partial charge is 0.339 e. The van der Waals surface area contributed by atoms with Gasteiger partial charge in [-0.25, -0.2) is 4.79 Å². The van der Waals surface area contributed by atoms with Crippen molar-refractivity contribution in [2.45, 2.75) is 13.5 Å². The lowest BCUT2D eigenvalue weighted by molar-refractivity contribution is 0.0692. The molecule has 25 heavy (non-hydrogen) atoms. The number of nitrogens with zero attached hydrogens (tertiary/aromatic N) is 4. The largest absolute Gasteiger partial charge is 0.478 e. The van der Waals surface area contributed by atoms with E-state index in [0.29, 0.717) is 12.4 Å². The van der Waals surface area contributed by atoms with Crippen molar-refractivity contribution in [3.8, 4) is 0 Å². The molecule has 128 valence electrons. The van der Waals surface area contributed by atoms with E-state index in [0.717, 1.165) is 11.3 Å². The van der Waals surface area contributed by atoms with E-state index in [1.54, 1.807) is 17.8 Å². The van der Waals surface area contributed by atoms with Crippen LogP contribution in [0, 0.1) is 6.92 Å². The topological polar surface area (TPSA) is 102 Å². The summed E-state index contributed by atoms with van der Waals surface area (Å²) in [4.78, 5) is 23.5. The van der Waals surface area contributed by atoms with Gasteiger partial charge in [0.25, 0.3) is 5.91 Å². The van der Waals surface area contributed by atoms with E-state index in [1.165, 1.54) is 10.9 Å². The van der Waals surface area contributed by atoms with E-state index in [4.69, 9.17) is 5.11 Å². The van der Waals surface area contributed by atoms with Crippen LogP contribution in [0.15, 0.2) is 42.6 Å². The number of carboxylic acid groups (broad SMARTS) is 1. The van der Waals surface area contributed by atoms with Crippen LogP contribution in [0.2, 0.25) is 0 Å². The van der Waals surface area contributed by atoms with Crippen LogP contribution in [0.5, 0.6) is 0 Å². The fraction of sp³-hybridized carbons (Fsp3) is 0.176. The molecule has 0 fully saturated rings. The lowest BCUT2D eigenvalue weighted by Gasteiger charge is -2.04. The summed E-state index contributed by atoms with van der Waals surface area (Å²) in [5.74, 6) is -1.47. The van der Waals surface area contributed by atoms with Gasteiger partial charge in [0.2, 0.25) is 0 Å². The van der Waals surface area contributed by atoms with Gasteiger partial charge < -0.3 is 10.4 Å². The number of hydrogen-bond donors (Lipinski definition) is 2. The first-order valence-electron chi connectivity index (χ1n) is 7.60. The van der Waals surface area contributed by atoms with E-state index >= 15 is 0 Å². The predicted molar refractivity (Wildman–Crippen MR) is 90.6 cm³/mol. The number of hydrogen-bond acceptors (Lipinski definition) is 4. The average molecular weight is 339 g/mol. The van der Waals surface area contributed by atoms with Crippen LogP contribution < -0.4 is 5.32 Å². The number of benzene rings is 1. The van der Waals surface area contributed by atoms with Gasteiger partial charge in [-0.05, 0) is 12.5 Å². The maximum atomic E-state index is 12.3. The van der Waals surface area contributed by atoms with Gasteiger partial charge in [-0.2, -0.15) is 10.2 Å². The van der Waals surface area contributed by atoms with Crippen molar-refractivity contribution in [3.05, 3.63) is 65.1 Å². The molecule has 1 amide bonds. The molecule has 2 N–H and O–H groups in total. The zero-order chi connectivity index (χ0) is 18.0. The molecule has 0 aliphatic heterocycles. The summed E-state index contributed by atoms with van der Waals surface area (Å²) in [6.07, 6.45) is 1.29. The average Bonchev–Trinajstić information content (AvgIpc) is 3.12. The summed E-state index contributed by atoms with van der Waals surface area (Å²) >= 11 is 0. The lowest BCUT2D eigenvalue weighted by atomic mass is 10.2. The first kappa shape index (κ1) is 16.4. The highest BCUT2D eigenvalue weighted by Crippen LogP contribution is 2.14. The van der Waals surface area contributed by atoms with Gasteiger partial charge in [0.05, 0.1) is 6.54 Å². The minimum Gasteiger partial charge on any atom is -0.478 e. The minimum absolute atomic E-state index is 0.148. The fourth-order valence-corrected chi connectivity index (χ4v) is 2.48. The third-order valence-corrected chi connectivity index (χ3v) is 3.67. The van der Waals surface area contributed by atoms with Crippen LogP contribution in [0.4, 0.5) is 5.82 Å². The molecule has 8 heteroatoms. The molecular formula is C17H17N5O3. The van der Waals surface area contributed by atoms with E-state index in [9.17, 15) is 9.59 Å². The first-order valence-corrected chi connectivity index (χ1v) is 7.60. The molecular weight excluding hydrogens is 322 g/mol. The molecule has 0 spiro atoms. The number of amides is 1. The van der Waals surface area contributed by atoms with Crippen LogP contribution in [0.3, 0.4) is 0 Å². The van der Waals surface area contributed by atoms with Crippen molar-refractivity contribution in [2.24, 2.45) is 7.05 Å². The summed E-state index contributed by atoms with van der Waals surface area (Å²) < 4.78 is 3.05. The Bertz CT molecular complexity index is 927. The summed E-state index contributed by atoms with van der Waals surface area (Å²) in [5, 5.41) is 20.0. The zero-order valence-corrected chi connectivity index (χ0v) is 13.8. The highest BCUT2D eigenvalue weighted by atomic mass is 16.4. The Morgan fingerprint density at radius 2 is 1.92 bits per heavy atom. The minimum atomic E-state index is -1.20. The maximum Gasteiger partial charge on any atom is 0.339 e. The number of carbonyl (C=O) groups is 2. The highest BCUT2D eigenvalue weighted by Gasteiger charge is 2.22. The van der Waals surface area contributed by atoms with Gasteiger partial charge in [-0.3, -0.25) is 14.2 Å². The Kier molecular flexibility index (Phi) is 4.34. The summed E-state index contributed by atoms with van der Waals surface area (Å²) in [6, 6.07) is 11.6. The molecule has 0 aliphatic rings. The third-order valence-electron chi connectivity index (χ3n) is 3.67. The van der Waals surface area contributed by atoms with Gasteiger partial charge in [0, 0.05) is 25.0 Å². The second-order valence-electron chi connectivity index (χ2n) is 5.64. The Morgan fingerprint density at radius 3 is 2.60 bits per heavy atom. The predicted octanol–water partition coefficient (Wildman–Crippen LogP) is 1.92. The molecule has 3 rings (SSSR count). The Balaban J connectivity index is 1.79. The van der Waals surface area contributed by atoms with Crippen molar-refractivity contribution in [1.29, 1.82) is 0 Å². The van der Waals surface area contributed by atoms with Crippen LogP contribution >= 0.6 is 0 Å². The molecule has 1 aromatic carbocycles. The van der Waals surface area contributed by atoms with Gasteiger partial charge in [0.15, 0.2) is 11.5 Å². The summed E-state index contributed by atoms with van der Waals surface area (Å²) in [5.41, 5.74) is 1.66. The molecule has 0 aliphatic carbocycles. The highest BCUT2D eigenvalue weighted by molar-refractivity contribution is 6.08. The number of aryl methyl sites for hydroxylation is 2. The summed E-state index contributed by atoms with van der Waals surface area (Å²) in [6.45, 7) is 2.46. The van der Waals surface area contributed by atoms with Crippen LogP contribution in [-0.2, 0) is 13.6 Å². The van der Waals surface area contributed by atoms with Crippen molar-refractivity contribution in [1.82, 2.24) is 19.6 Å². The molecule has 3 aromatic rings. The van der Waals surface area contributed by atoms with E-state index in [2.05, 4.69) is 15.5 Å². The van der Waals surface area contributed by atoms with Crippen molar-refractivity contribution in [3.63, 3.8) is 0 Å². The number of anilines is 1. The molecule has 8 nitrogen and oxygen atoms in total. The Labute approximate surface area is 143 Å². The Hall–Kier alpha value is -3.42. The number of carbonyl (C=O) groups excluding carboxylic acids is 1. The molecule has 0 unspecified atom stereocenters. The van der Waals surface area contributed by atoms with Gasteiger partial charge in [0.1, 0.15) is 5.56 Å². The van der Waals surface area contributed by atoms with Crippen molar-refractivity contribution in [2.75, 3.05) is 5.32 Å². The quantitative estimate of drug-likeness (QED) is 0.739. The summed E-state index contributed by atoms with van der Waals surface area (Å²) in [7, 11) is 1.56. The lowest BCUT2D eigenvalue weighted by Crippen LogP contribution is -2.17. The number of aromatic carboxylic acids is 1. The zero-order valence-electron chi connectivity index (χ0n) is 13.8. The maximum absolute atomic E-state index is 12.3. The number of carboxylic acids is 1. The van der Waals surface area contributed by atoms with Crippen LogP contribution in [0.1, 0.15) is 32.1 Å². The van der Waals surface area contributed by atoms with E-state index in [-0.39, 0.29) is 11.3 Å². The monoisotopic (exact) mass is 339 g/mol. The van der Waals surface area contributed by atoms with Gasteiger partial charge in [-0.15, -0.1) is 0 Å². The van der Waals surface area contributed by atoms with Crippen LogP contribution in [0.25, 0.3) is 0 Å². The molecule has 2 aromatic heterocycles. The molecule has 2 heterocycles. The van der Waals surface area contributed by atoms with Gasteiger partial charge in [-0.1, -0.05) is 30.3 Å². The SMILES string of the molecule is Cc1cc(NC(=O)c2nn(C)cc2C(=O)O)nn1Cc1ccccc1. The van der Waals surface area contributed by atoms with Crippen molar-refractivity contribution < 1.29 is 14.7 Å².